The predicted octanol–water partition coefficient (Wildman–Crippen LogP) is 2.43. The van der Waals surface area contributed by atoms with E-state index in [0.717, 1.165) is 30.0 Å². The van der Waals surface area contributed by atoms with Crippen LogP contribution in [0.1, 0.15) is 34.6 Å². The summed E-state index contributed by atoms with van der Waals surface area (Å²) >= 11 is 1.68. The van der Waals surface area contributed by atoms with E-state index in [9.17, 15) is 9.59 Å². The minimum atomic E-state index is -0.0567. The lowest BCUT2D eigenvalue weighted by atomic mass is 9.89. The lowest BCUT2D eigenvalue weighted by Crippen LogP contribution is -2.38. The monoisotopic (exact) mass is 358 g/mol. The smallest absolute Gasteiger partial charge is 0.274 e. The van der Waals surface area contributed by atoms with E-state index in [1.54, 1.807) is 11.3 Å². The van der Waals surface area contributed by atoms with Crippen molar-refractivity contribution in [1.82, 2.24) is 20.4 Å². The number of carbonyl (C=O) groups excluding carboxylic acids is 2. The molecule has 25 heavy (non-hydrogen) atoms. The van der Waals surface area contributed by atoms with Crippen LogP contribution in [0.2, 0.25) is 0 Å². The number of hydrogen-bond donors (Lipinski definition) is 2. The third-order valence-corrected chi connectivity index (χ3v) is 6.53. The van der Waals surface area contributed by atoms with E-state index in [0.29, 0.717) is 24.0 Å². The number of nitrogens with zero attached hydrogens (tertiary/aromatic N) is 2. The lowest BCUT2D eigenvalue weighted by Gasteiger charge is -2.24. The van der Waals surface area contributed by atoms with Gasteiger partial charge in [-0.15, -0.1) is 11.3 Å². The fraction of sp³-hybridized carbons (Fsp3) is 0.500. The minimum absolute atomic E-state index is 0.0567. The van der Waals surface area contributed by atoms with E-state index in [-0.39, 0.29) is 17.9 Å². The van der Waals surface area contributed by atoms with E-state index in [2.05, 4.69) is 28.5 Å². The number of H-pyrrole nitrogens is 1. The maximum absolute atomic E-state index is 12.8. The molecule has 132 valence electrons. The van der Waals surface area contributed by atoms with E-state index < -0.39 is 0 Å². The number of thiophene rings is 1. The van der Waals surface area contributed by atoms with Gasteiger partial charge >= 0.3 is 0 Å². The SMILES string of the molecule is Cc1ccc(-c2cc(C(=O)N(C)[C@H]3C[C@H]4CC(=O)NC[C@H]4C3)n[nH]2)s1. The standard InChI is InChI=1S/C18H22N4O2S/c1-10-3-4-16(25-10)14-8-15(21-20-14)18(24)22(2)13-5-11-7-17(23)19-9-12(11)6-13/h3-4,8,11-13H,5-7,9H2,1-2H3,(H,19,23)(H,20,21)/t11-,12+,13-/m0/s1. The van der Waals surface area contributed by atoms with Crippen molar-refractivity contribution in [2.24, 2.45) is 11.8 Å². The molecule has 2 amide bonds. The van der Waals surface area contributed by atoms with Crippen LogP contribution in [0.3, 0.4) is 0 Å². The Balaban J connectivity index is 1.46. The molecule has 3 atom stereocenters. The van der Waals surface area contributed by atoms with E-state index in [1.165, 1.54) is 4.88 Å². The molecule has 0 spiro atoms. The second-order valence-corrected chi connectivity index (χ2v) is 8.43. The Morgan fingerprint density at radius 3 is 2.88 bits per heavy atom. The molecule has 3 heterocycles. The van der Waals surface area contributed by atoms with Crippen molar-refractivity contribution >= 4 is 23.2 Å². The van der Waals surface area contributed by atoms with Gasteiger partial charge in [-0.25, -0.2) is 0 Å². The number of nitrogens with one attached hydrogen (secondary N) is 2. The summed E-state index contributed by atoms with van der Waals surface area (Å²) in [6.45, 7) is 2.80. The molecule has 4 rings (SSSR count). The molecule has 2 N–H and O–H groups in total. The normalized spacial score (nSPS) is 25.5. The zero-order valence-electron chi connectivity index (χ0n) is 14.4. The van der Waals surface area contributed by atoms with Gasteiger partial charge in [0.1, 0.15) is 0 Å². The number of aromatic nitrogens is 2. The maximum Gasteiger partial charge on any atom is 0.274 e. The summed E-state index contributed by atoms with van der Waals surface area (Å²) in [5.74, 6) is 0.970. The Morgan fingerprint density at radius 1 is 1.32 bits per heavy atom. The van der Waals surface area contributed by atoms with Crippen LogP contribution in [-0.4, -0.2) is 46.5 Å². The van der Waals surface area contributed by atoms with Crippen molar-refractivity contribution in [3.63, 3.8) is 0 Å². The number of fused-ring (bicyclic) bond motifs is 1. The van der Waals surface area contributed by atoms with Crippen LogP contribution in [0.5, 0.6) is 0 Å². The van der Waals surface area contributed by atoms with Crippen molar-refractivity contribution < 1.29 is 9.59 Å². The van der Waals surface area contributed by atoms with E-state index in [1.807, 2.05) is 24.1 Å². The Morgan fingerprint density at radius 2 is 2.12 bits per heavy atom. The lowest BCUT2D eigenvalue weighted by molar-refractivity contribution is -0.124. The number of aryl methyl sites for hydroxylation is 1. The van der Waals surface area contributed by atoms with E-state index in [4.69, 9.17) is 0 Å². The van der Waals surface area contributed by atoms with Crippen LogP contribution in [0.4, 0.5) is 0 Å². The Hall–Kier alpha value is -2.15. The summed E-state index contributed by atoms with van der Waals surface area (Å²) in [6.07, 6.45) is 2.45. The first-order valence-corrected chi connectivity index (χ1v) is 9.49. The Kier molecular flexibility index (Phi) is 4.11. The van der Waals surface area contributed by atoms with Crippen LogP contribution in [0, 0.1) is 18.8 Å². The van der Waals surface area contributed by atoms with Crippen molar-refractivity contribution in [2.45, 2.75) is 32.2 Å². The maximum atomic E-state index is 12.8. The molecule has 1 saturated carbocycles. The summed E-state index contributed by atoms with van der Waals surface area (Å²) in [4.78, 5) is 28.5. The van der Waals surface area contributed by atoms with Crippen LogP contribution in [0.15, 0.2) is 18.2 Å². The molecule has 1 aliphatic heterocycles. The van der Waals surface area contributed by atoms with Crippen molar-refractivity contribution in [3.05, 3.63) is 28.8 Å². The first-order chi connectivity index (χ1) is 12.0. The van der Waals surface area contributed by atoms with Gasteiger partial charge in [0.15, 0.2) is 5.69 Å². The molecule has 0 aromatic carbocycles. The molecule has 0 bridgehead atoms. The second kappa shape index (κ2) is 6.29. The largest absolute Gasteiger partial charge is 0.356 e. The second-order valence-electron chi connectivity index (χ2n) is 7.15. The van der Waals surface area contributed by atoms with Crippen molar-refractivity contribution in [2.75, 3.05) is 13.6 Å². The number of amides is 2. The summed E-state index contributed by atoms with van der Waals surface area (Å²) in [5, 5.41) is 10.1. The molecule has 0 radical (unpaired) electrons. The summed E-state index contributed by atoms with van der Waals surface area (Å²) in [7, 11) is 1.85. The molecular formula is C18H22N4O2S. The van der Waals surface area contributed by atoms with Crippen LogP contribution in [0.25, 0.3) is 10.6 Å². The highest BCUT2D eigenvalue weighted by molar-refractivity contribution is 7.15. The van der Waals surface area contributed by atoms with Crippen LogP contribution in [-0.2, 0) is 4.79 Å². The Labute approximate surface area is 150 Å². The topological polar surface area (TPSA) is 78.1 Å². The number of rotatable bonds is 3. The number of aromatic amines is 1. The minimum Gasteiger partial charge on any atom is -0.356 e. The first-order valence-electron chi connectivity index (χ1n) is 8.67. The quantitative estimate of drug-likeness (QED) is 0.884. The molecule has 1 aliphatic carbocycles. The van der Waals surface area contributed by atoms with E-state index >= 15 is 0 Å². The molecule has 2 fully saturated rings. The zero-order chi connectivity index (χ0) is 17.6. The fourth-order valence-electron chi connectivity index (χ4n) is 4.03. The predicted molar refractivity (Wildman–Crippen MR) is 96.4 cm³/mol. The molecule has 2 aromatic heterocycles. The molecule has 2 aromatic rings. The van der Waals surface area contributed by atoms with Gasteiger partial charge in [-0.1, -0.05) is 0 Å². The molecule has 1 saturated heterocycles. The molecule has 2 aliphatic rings. The van der Waals surface area contributed by atoms with Crippen molar-refractivity contribution in [3.8, 4) is 10.6 Å². The Bertz CT molecular complexity index is 812. The van der Waals surface area contributed by atoms with Crippen LogP contribution >= 0.6 is 11.3 Å². The molecule has 0 unspecified atom stereocenters. The fourth-order valence-corrected chi connectivity index (χ4v) is 4.87. The average molecular weight is 358 g/mol. The summed E-state index contributed by atoms with van der Waals surface area (Å²) in [5.41, 5.74) is 1.33. The summed E-state index contributed by atoms with van der Waals surface area (Å²) < 4.78 is 0. The molecule has 7 heteroatoms. The third-order valence-electron chi connectivity index (χ3n) is 5.50. The van der Waals surface area contributed by atoms with Crippen molar-refractivity contribution in [1.29, 1.82) is 0 Å². The molecule has 6 nitrogen and oxygen atoms in total. The van der Waals surface area contributed by atoms with Gasteiger partial charge in [-0.05, 0) is 49.8 Å². The third kappa shape index (κ3) is 3.08. The highest BCUT2D eigenvalue weighted by Crippen LogP contribution is 2.38. The molecular weight excluding hydrogens is 336 g/mol. The average Bonchev–Trinajstić information content (AvgIpc) is 3.31. The highest BCUT2D eigenvalue weighted by atomic mass is 32.1. The summed E-state index contributed by atoms with van der Waals surface area (Å²) in [6, 6.07) is 6.11. The zero-order valence-corrected chi connectivity index (χ0v) is 15.2. The number of hydrogen-bond acceptors (Lipinski definition) is 4. The number of piperidine rings is 1. The van der Waals surface area contributed by atoms with Gasteiger partial charge < -0.3 is 10.2 Å². The van der Waals surface area contributed by atoms with Gasteiger partial charge in [0.05, 0.1) is 10.6 Å². The van der Waals surface area contributed by atoms with Gasteiger partial charge in [-0.3, -0.25) is 14.7 Å². The van der Waals surface area contributed by atoms with Gasteiger partial charge in [0.25, 0.3) is 5.91 Å². The first kappa shape index (κ1) is 16.3. The highest BCUT2D eigenvalue weighted by Gasteiger charge is 2.41. The number of carbonyl (C=O) groups is 2. The van der Waals surface area contributed by atoms with Crippen LogP contribution < -0.4 is 5.32 Å². The van der Waals surface area contributed by atoms with Gasteiger partial charge in [0.2, 0.25) is 5.91 Å². The van der Waals surface area contributed by atoms with Gasteiger partial charge in [-0.2, -0.15) is 5.10 Å². The van der Waals surface area contributed by atoms with Gasteiger partial charge in [0, 0.05) is 30.9 Å².